The molecule has 0 aliphatic carbocycles. The molecular formula is C12H15ClN2O. The first-order valence-corrected chi connectivity index (χ1v) is 5.86. The van der Waals surface area contributed by atoms with Crippen molar-refractivity contribution in [2.24, 2.45) is 0 Å². The van der Waals surface area contributed by atoms with E-state index in [1.54, 1.807) is 0 Å². The SMILES string of the molecule is CCC1(c2ccc(Cl)cc2)NCCNC1=O. The van der Waals surface area contributed by atoms with Gasteiger partial charge in [0.15, 0.2) is 0 Å². The van der Waals surface area contributed by atoms with Gasteiger partial charge in [-0.15, -0.1) is 0 Å². The molecule has 2 N–H and O–H groups in total. The Balaban J connectivity index is 2.40. The van der Waals surface area contributed by atoms with Gasteiger partial charge in [0.25, 0.3) is 0 Å². The molecule has 4 heteroatoms. The largest absolute Gasteiger partial charge is 0.353 e. The molecule has 16 heavy (non-hydrogen) atoms. The van der Waals surface area contributed by atoms with Gasteiger partial charge < -0.3 is 5.32 Å². The van der Waals surface area contributed by atoms with Gasteiger partial charge in [-0.05, 0) is 24.1 Å². The van der Waals surface area contributed by atoms with E-state index in [0.29, 0.717) is 11.6 Å². The van der Waals surface area contributed by atoms with Gasteiger partial charge in [-0.1, -0.05) is 30.7 Å². The van der Waals surface area contributed by atoms with Gasteiger partial charge in [0, 0.05) is 18.1 Å². The second-order valence-corrected chi connectivity index (χ2v) is 4.38. The number of carbonyl (C=O) groups is 1. The molecular weight excluding hydrogens is 224 g/mol. The Morgan fingerprint density at radius 3 is 2.56 bits per heavy atom. The predicted octanol–water partition coefficient (Wildman–Crippen LogP) is 1.66. The van der Waals surface area contributed by atoms with E-state index in [9.17, 15) is 4.79 Å². The smallest absolute Gasteiger partial charge is 0.244 e. The van der Waals surface area contributed by atoms with E-state index in [1.165, 1.54) is 0 Å². The number of hydrogen-bond acceptors (Lipinski definition) is 2. The lowest BCUT2D eigenvalue weighted by Gasteiger charge is -2.36. The van der Waals surface area contributed by atoms with E-state index in [2.05, 4.69) is 10.6 Å². The standard InChI is InChI=1S/C12H15ClN2O/c1-2-12(11(16)14-7-8-15-12)9-3-5-10(13)6-4-9/h3-6,15H,2,7-8H2,1H3,(H,14,16). The average Bonchev–Trinajstić information content (AvgIpc) is 2.31. The van der Waals surface area contributed by atoms with Gasteiger partial charge in [-0.3, -0.25) is 10.1 Å². The Kier molecular flexibility index (Phi) is 3.17. The summed E-state index contributed by atoms with van der Waals surface area (Å²) >= 11 is 5.85. The summed E-state index contributed by atoms with van der Waals surface area (Å²) in [5.74, 6) is 0.0450. The van der Waals surface area contributed by atoms with E-state index >= 15 is 0 Å². The molecule has 0 bridgehead atoms. The second-order valence-electron chi connectivity index (χ2n) is 3.95. The maximum absolute atomic E-state index is 12.0. The van der Waals surface area contributed by atoms with Gasteiger partial charge >= 0.3 is 0 Å². The third kappa shape index (κ3) is 1.81. The van der Waals surface area contributed by atoms with Crippen molar-refractivity contribution < 1.29 is 4.79 Å². The number of piperazine rings is 1. The quantitative estimate of drug-likeness (QED) is 0.823. The summed E-state index contributed by atoms with van der Waals surface area (Å²) in [6.45, 7) is 3.49. The molecule has 3 nitrogen and oxygen atoms in total. The lowest BCUT2D eigenvalue weighted by molar-refractivity contribution is -0.129. The number of nitrogens with one attached hydrogen (secondary N) is 2. The van der Waals surface area contributed by atoms with Crippen LogP contribution in [0.15, 0.2) is 24.3 Å². The number of carbonyl (C=O) groups excluding carboxylic acids is 1. The monoisotopic (exact) mass is 238 g/mol. The molecule has 1 heterocycles. The van der Waals surface area contributed by atoms with Crippen LogP contribution in [0.4, 0.5) is 0 Å². The lowest BCUT2D eigenvalue weighted by Crippen LogP contribution is -2.60. The van der Waals surface area contributed by atoms with Crippen LogP contribution < -0.4 is 10.6 Å². The highest BCUT2D eigenvalue weighted by atomic mass is 35.5. The van der Waals surface area contributed by atoms with Crippen molar-refractivity contribution in [3.63, 3.8) is 0 Å². The number of amides is 1. The molecule has 1 aromatic rings. The third-order valence-corrected chi connectivity index (χ3v) is 3.34. The summed E-state index contributed by atoms with van der Waals surface area (Å²) in [4.78, 5) is 12.0. The van der Waals surface area contributed by atoms with Crippen LogP contribution in [0.2, 0.25) is 5.02 Å². The predicted molar refractivity (Wildman–Crippen MR) is 64.4 cm³/mol. The number of halogens is 1. The molecule has 1 aliphatic heterocycles. The van der Waals surface area contributed by atoms with Crippen molar-refractivity contribution in [2.45, 2.75) is 18.9 Å². The Morgan fingerprint density at radius 1 is 1.31 bits per heavy atom. The van der Waals surface area contributed by atoms with Gasteiger partial charge in [0.2, 0.25) is 5.91 Å². The fraction of sp³-hybridized carbons (Fsp3) is 0.417. The summed E-state index contributed by atoms with van der Waals surface area (Å²) < 4.78 is 0. The Hall–Kier alpha value is -1.06. The Labute approximate surface area is 100 Å². The highest BCUT2D eigenvalue weighted by Gasteiger charge is 2.39. The zero-order valence-electron chi connectivity index (χ0n) is 9.22. The van der Waals surface area contributed by atoms with E-state index in [-0.39, 0.29) is 5.91 Å². The average molecular weight is 239 g/mol. The summed E-state index contributed by atoms with van der Waals surface area (Å²) in [5, 5.41) is 6.90. The molecule has 86 valence electrons. The molecule has 0 radical (unpaired) electrons. The van der Waals surface area contributed by atoms with E-state index in [1.807, 2.05) is 31.2 Å². The molecule has 2 rings (SSSR count). The normalized spacial score (nSPS) is 25.2. The summed E-state index contributed by atoms with van der Waals surface area (Å²) in [7, 11) is 0. The first kappa shape index (κ1) is 11.4. The fourth-order valence-electron chi connectivity index (χ4n) is 2.14. The molecule has 1 saturated heterocycles. The van der Waals surface area contributed by atoms with E-state index < -0.39 is 5.54 Å². The molecule has 1 unspecified atom stereocenters. The first-order valence-electron chi connectivity index (χ1n) is 5.48. The van der Waals surface area contributed by atoms with Crippen LogP contribution in [0.5, 0.6) is 0 Å². The Bertz CT molecular complexity index is 391. The van der Waals surface area contributed by atoms with E-state index in [4.69, 9.17) is 11.6 Å². The minimum absolute atomic E-state index is 0.0450. The number of benzene rings is 1. The van der Waals surface area contributed by atoms with Crippen LogP contribution >= 0.6 is 11.6 Å². The van der Waals surface area contributed by atoms with Crippen molar-refractivity contribution in [3.8, 4) is 0 Å². The fourth-order valence-corrected chi connectivity index (χ4v) is 2.27. The number of hydrogen-bond donors (Lipinski definition) is 2. The molecule has 1 fully saturated rings. The number of rotatable bonds is 2. The van der Waals surface area contributed by atoms with Crippen LogP contribution in [0.1, 0.15) is 18.9 Å². The van der Waals surface area contributed by atoms with Crippen molar-refractivity contribution >= 4 is 17.5 Å². The Morgan fingerprint density at radius 2 is 2.00 bits per heavy atom. The third-order valence-electron chi connectivity index (χ3n) is 3.09. The van der Waals surface area contributed by atoms with Crippen LogP contribution in [-0.4, -0.2) is 19.0 Å². The molecule has 0 spiro atoms. The zero-order valence-corrected chi connectivity index (χ0v) is 9.97. The minimum atomic E-state index is -0.594. The highest BCUT2D eigenvalue weighted by Crippen LogP contribution is 2.27. The van der Waals surface area contributed by atoms with Gasteiger partial charge in [-0.2, -0.15) is 0 Å². The van der Waals surface area contributed by atoms with Gasteiger partial charge in [0.05, 0.1) is 0 Å². The minimum Gasteiger partial charge on any atom is -0.353 e. The first-order chi connectivity index (χ1) is 7.69. The van der Waals surface area contributed by atoms with Crippen LogP contribution in [0.3, 0.4) is 0 Å². The molecule has 1 atom stereocenters. The highest BCUT2D eigenvalue weighted by molar-refractivity contribution is 6.30. The maximum atomic E-state index is 12.0. The zero-order chi connectivity index (χ0) is 11.6. The molecule has 0 saturated carbocycles. The maximum Gasteiger partial charge on any atom is 0.244 e. The summed E-state index contributed by atoms with van der Waals surface area (Å²) in [5.41, 5.74) is 0.375. The summed E-state index contributed by atoms with van der Waals surface area (Å²) in [6, 6.07) is 7.45. The topological polar surface area (TPSA) is 41.1 Å². The van der Waals surface area contributed by atoms with Crippen LogP contribution in [-0.2, 0) is 10.3 Å². The van der Waals surface area contributed by atoms with Crippen molar-refractivity contribution in [2.75, 3.05) is 13.1 Å². The van der Waals surface area contributed by atoms with Gasteiger partial charge in [0.1, 0.15) is 5.54 Å². The summed E-state index contributed by atoms with van der Waals surface area (Å²) in [6.07, 6.45) is 0.723. The van der Waals surface area contributed by atoms with Crippen LogP contribution in [0, 0.1) is 0 Å². The van der Waals surface area contributed by atoms with Crippen molar-refractivity contribution in [1.29, 1.82) is 0 Å². The molecule has 1 aliphatic rings. The van der Waals surface area contributed by atoms with Crippen molar-refractivity contribution in [3.05, 3.63) is 34.9 Å². The van der Waals surface area contributed by atoms with Crippen molar-refractivity contribution in [1.82, 2.24) is 10.6 Å². The molecule has 1 amide bonds. The van der Waals surface area contributed by atoms with Crippen LogP contribution in [0.25, 0.3) is 0 Å². The van der Waals surface area contributed by atoms with Gasteiger partial charge in [-0.25, -0.2) is 0 Å². The molecule has 1 aromatic carbocycles. The molecule has 0 aromatic heterocycles. The van der Waals surface area contributed by atoms with E-state index in [0.717, 1.165) is 18.5 Å². The lowest BCUT2D eigenvalue weighted by atomic mass is 9.85. The second kappa shape index (κ2) is 4.44.